The summed E-state index contributed by atoms with van der Waals surface area (Å²) in [5.41, 5.74) is 5.19. The first-order valence-corrected chi connectivity index (χ1v) is 9.22. The first kappa shape index (κ1) is 20.3. The Morgan fingerprint density at radius 1 is 1.10 bits per heavy atom. The van der Waals surface area contributed by atoms with Crippen LogP contribution in [0.15, 0.2) is 12.3 Å². The Labute approximate surface area is 168 Å². The molecule has 0 radical (unpaired) electrons. The van der Waals surface area contributed by atoms with Gasteiger partial charge in [0, 0.05) is 24.5 Å². The summed E-state index contributed by atoms with van der Waals surface area (Å²) in [7, 11) is 1.91. The van der Waals surface area contributed by atoms with Gasteiger partial charge in [0.25, 0.3) is 0 Å². The Balaban J connectivity index is 1.80. The molecule has 0 aliphatic carbocycles. The minimum absolute atomic E-state index is 0.105. The smallest absolute Gasteiger partial charge is 0.356 e. The SMILES string of the molecule is Cc1nn(C)c(C)c1Cn1nc(C)c(NC(=O)C(C)n2ccc(C(=O)O)n2)c1C. The number of aromatic nitrogens is 6. The summed E-state index contributed by atoms with van der Waals surface area (Å²) < 4.78 is 5.02. The third-order valence-electron chi connectivity index (χ3n) is 5.20. The standard InChI is InChI=1S/C19H25N7O3/c1-10-15(12(3)24(6)21-10)9-26-13(4)17(11(2)22-26)20-18(27)14(5)25-8-7-16(23-25)19(28)29/h7-8,14H,9H2,1-6H3,(H,20,27)(H,28,29). The van der Waals surface area contributed by atoms with Crippen LogP contribution in [0.1, 0.15) is 51.8 Å². The lowest BCUT2D eigenvalue weighted by Gasteiger charge is -2.13. The van der Waals surface area contributed by atoms with Gasteiger partial charge in [-0.15, -0.1) is 0 Å². The van der Waals surface area contributed by atoms with E-state index < -0.39 is 12.0 Å². The molecule has 10 nitrogen and oxygen atoms in total. The highest BCUT2D eigenvalue weighted by molar-refractivity contribution is 5.94. The molecule has 1 unspecified atom stereocenters. The van der Waals surface area contributed by atoms with Crippen molar-refractivity contribution in [2.75, 3.05) is 5.32 Å². The van der Waals surface area contributed by atoms with Crippen LogP contribution >= 0.6 is 0 Å². The fourth-order valence-electron chi connectivity index (χ4n) is 3.24. The molecule has 0 aliphatic rings. The minimum atomic E-state index is -1.13. The number of carbonyl (C=O) groups excluding carboxylic acids is 1. The van der Waals surface area contributed by atoms with Gasteiger partial charge in [-0.05, 0) is 40.7 Å². The zero-order valence-electron chi connectivity index (χ0n) is 17.4. The molecule has 154 valence electrons. The molecule has 3 aromatic heterocycles. The van der Waals surface area contributed by atoms with E-state index in [-0.39, 0.29) is 11.6 Å². The molecule has 3 heterocycles. The first-order chi connectivity index (χ1) is 13.6. The lowest BCUT2D eigenvalue weighted by Crippen LogP contribution is -2.25. The summed E-state index contributed by atoms with van der Waals surface area (Å²) in [5.74, 6) is -1.44. The van der Waals surface area contributed by atoms with E-state index in [1.165, 1.54) is 16.9 Å². The van der Waals surface area contributed by atoms with Crippen LogP contribution in [0.3, 0.4) is 0 Å². The predicted octanol–water partition coefficient (Wildman–Crippen LogP) is 1.99. The van der Waals surface area contributed by atoms with Crippen LogP contribution in [-0.2, 0) is 18.4 Å². The van der Waals surface area contributed by atoms with E-state index in [1.54, 1.807) is 6.92 Å². The number of hydrogen-bond donors (Lipinski definition) is 2. The first-order valence-electron chi connectivity index (χ1n) is 9.22. The van der Waals surface area contributed by atoms with Crippen LogP contribution in [0, 0.1) is 27.7 Å². The van der Waals surface area contributed by atoms with Gasteiger partial charge in [-0.3, -0.25) is 18.8 Å². The van der Waals surface area contributed by atoms with Crippen LogP contribution in [0.5, 0.6) is 0 Å². The van der Waals surface area contributed by atoms with Crippen molar-refractivity contribution in [2.45, 2.75) is 47.2 Å². The van der Waals surface area contributed by atoms with E-state index in [2.05, 4.69) is 20.6 Å². The summed E-state index contributed by atoms with van der Waals surface area (Å²) in [4.78, 5) is 23.7. The number of nitrogens with zero attached hydrogens (tertiary/aromatic N) is 6. The predicted molar refractivity (Wildman–Crippen MR) is 106 cm³/mol. The summed E-state index contributed by atoms with van der Waals surface area (Å²) >= 11 is 0. The number of anilines is 1. The fraction of sp³-hybridized carbons (Fsp3) is 0.421. The van der Waals surface area contributed by atoms with Crippen LogP contribution in [-0.4, -0.2) is 46.3 Å². The highest BCUT2D eigenvalue weighted by Gasteiger charge is 2.22. The second-order valence-electron chi connectivity index (χ2n) is 7.13. The van der Waals surface area contributed by atoms with Crippen LogP contribution in [0.25, 0.3) is 0 Å². The highest BCUT2D eigenvalue weighted by Crippen LogP contribution is 2.23. The summed E-state index contributed by atoms with van der Waals surface area (Å²) in [5, 5.41) is 24.8. The van der Waals surface area contributed by atoms with Crippen molar-refractivity contribution in [1.82, 2.24) is 29.3 Å². The number of aromatic carboxylic acids is 1. The molecule has 3 aromatic rings. The molecule has 2 N–H and O–H groups in total. The molecule has 0 aromatic carbocycles. The van der Waals surface area contributed by atoms with Crippen molar-refractivity contribution in [1.29, 1.82) is 0 Å². The number of carboxylic acids is 1. The normalized spacial score (nSPS) is 12.2. The third kappa shape index (κ3) is 3.78. The molecule has 1 atom stereocenters. The molecule has 0 spiro atoms. The van der Waals surface area contributed by atoms with E-state index in [0.717, 1.165) is 22.6 Å². The van der Waals surface area contributed by atoms with Crippen molar-refractivity contribution in [3.05, 3.63) is 46.3 Å². The molecule has 0 saturated heterocycles. The third-order valence-corrected chi connectivity index (χ3v) is 5.20. The van der Waals surface area contributed by atoms with Crippen molar-refractivity contribution in [3.8, 4) is 0 Å². The van der Waals surface area contributed by atoms with Crippen LogP contribution in [0.2, 0.25) is 0 Å². The van der Waals surface area contributed by atoms with E-state index in [4.69, 9.17) is 5.11 Å². The van der Waals surface area contributed by atoms with Crippen LogP contribution in [0.4, 0.5) is 5.69 Å². The number of rotatable bonds is 6. The number of nitrogens with one attached hydrogen (secondary N) is 1. The number of hydrogen-bond acceptors (Lipinski definition) is 5. The van der Waals surface area contributed by atoms with Gasteiger partial charge in [-0.1, -0.05) is 0 Å². The molecule has 0 aliphatic heterocycles. The molecule has 3 rings (SSSR count). The van der Waals surface area contributed by atoms with Crippen molar-refractivity contribution >= 4 is 17.6 Å². The minimum Gasteiger partial charge on any atom is -0.476 e. The van der Waals surface area contributed by atoms with Gasteiger partial charge in [0.05, 0.1) is 29.3 Å². The Bertz CT molecular complexity index is 1090. The second kappa shape index (κ2) is 7.53. The number of amides is 1. The van der Waals surface area contributed by atoms with Gasteiger partial charge in [0.1, 0.15) is 6.04 Å². The largest absolute Gasteiger partial charge is 0.476 e. The number of carboxylic acid groups (broad SMARTS) is 1. The molecule has 0 fully saturated rings. The number of carbonyl (C=O) groups is 2. The average Bonchev–Trinajstić information content (AvgIpc) is 3.31. The maximum absolute atomic E-state index is 12.7. The Hall–Kier alpha value is -3.43. The van der Waals surface area contributed by atoms with Crippen molar-refractivity contribution < 1.29 is 14.7 Å². The maximum Gasteiger partial charge on any atom is 0.356 e. The van der Waals surface area contributed by atoms with Gasteiger partial charge in [0.15, 0.2) is 5.69 Å². The average molecular weight is 399 g/mol. The van der Waals surface area contributed by atoms with Gasteiger partial charge >= 0.3 is 5.97 Å². The van der Waals surface area contributed by atoms with Gasteiger partial charge in [0.2, 0.25) is 5.91 Å². The van der Waals surface area contributed by atoms with Crippen LogP contribution < -0.4 is 5.32 Å². The molecule has 0 bridgehead atoms. The molecule has 0 saturated carbocycles. The molecule has 10 heteroatoms. The molecular weight excluding hydrogens is 374 g/mol. The van der Waals surface area contributed by atoms with Gasteiger partial charge < -0.3 is 10.4 Å². The lowest BCUT2D eigenvalue weighted by molar-refractivity contribution is -0.119. The fourth-order valence-corrected chi connectivity index (χ4v) is 3.24. The van der Waals surface area contributed by atoms with Gasteiger partial charge in [-0.2, -0.15) is 15.3 Å². The molecule has 1 amide bonds. The van der Waals surface area contributed by atoms with Crippen molar-refractivity contribution in [3.63, 3.8) is 0 Å². The monoisotopic (exact) mass is 399 g/mol. The molecular formula is C19H25N7O3. The maximum atomic E-state index is 12.7. The van der Waals surface area contributed by atoms with E-state index in [0.29, 0.717) is 17.9 Å². The Kier molecular flexibility index (Phi) is 5.27. The quantitative estimate of drug-likeness (QED) is 0.654. The Morgan fingerprint density at radius 2 is 1.79 bits per heavy atom. The summed E-state index contributed by atoms with van der Waals surface area (Å²) in [6.45, 7) is 9.94. The number of aryl methyl sites for hydroxylation is 3. The second-order valence-corrected chi connectivity index (χ2v) is 7.13. The topological polar surface area (TPSA) is 120 Å². The lowest BCUT2D eigenvalue weighted by atomic mass is 10.2. The zero-order valence-corrected chi connectivity index (χ0v) is 17.4. The van der Waals surface area contributed by atoms with E-state index in [1.807, 2.05) is 44.1 Å². The van der Waals surface area contributed by atoms with Crippen molar-refractivity contribution in [2.24, 2.45) is 7.05 Å². The highest BCUT2D eigenvalue weighted by atomic mass is 16.4. The Morgan fingerprint density at radius 3 is 2.34 bits per heavy atom. The van der Waals surface area contributed by atoms with E-state index >= 15 is 0 Å². The summed E-state index contributed by atoms with van der Waals surface area (Å²) in [6, 6.07) is 0.687. The molecule has 29 heavy (non-hydrogen) atoms. The zero-order chi connectivity index (χ0) is 21.5. The van der Waals surface area contributed by atoms with E-state index in [9.17, 15) is 9.59 Å². The summed E-state index contributed by atoms with van der Waals surface area (Å²) in [6.07, 6.45) is 1.48. The van der Waals surface area contributed by atoms with Gasteiger partial charge in [-0.25, -0.2) is 4.79 Å².